The summed E-state index contributed by atoms with van der Waals surface area (Å²) in [5.41, 5.74) is 2.31. The fraction of sp³-hybridized carbons (Fsp3) is 0.136. The zero-order valence-electron chi connectivity index (χ0n) is 16.0. The van der Waals surface area contributed by atoms with Crippen molar-refractivity contribution in [3.05, 3.63) is 84.0 Å². The number of carbonyl (C=O) groups is 2. The number of benzene rings is 2. The van der Waals surface area contributed by atoms with Gasteiger partial charge in [0.25, 0.3) is 0 Å². The number of allylic oxidation sites excluding steroid dienone is 2. The van der Waals surface area contributed by atoms with E-state index in [9.17, 15) is 9.59 Å². The van der Waals surface area contributed by atoms with Gasteiger partial charge in [-0.2, -0.15) is 0 Å². The van der Waals surface area contributed by atoms with Crippen LogP contribution in [0.5, 0.6) is 5.75 Å². The van der Waals surface area contributed by atoms with Gasteiger partial charge in [-0.1, -0.05) is 30.3 Å². The van der Waals surface area contributed by atoms with Crippen molar-refractivity contribution in [2.45, 2.75) is 13.8 Å². The lowest BCUT2D eigenvalue weighted by Gasteiger charge is -2.11. The van der Waals surface area contributed by atoms with E-state index in [4.69, 9.17) is 4.74 Å². The number of imidazole rings is 1. The lowest BCUT2D eigenvalue weighted by molar-refractivity contribution is -0.112. The molecular formula is C22H21N3O3. The molecular weight excluding hydrogens is 354 g/mol. The second-order valence-corrected chi connectivity index (χ2v) is 6.27. The average Bonchev–Trinajstić information content (AvgIpc) is 3.10. The van der Waals surface area contributed by atoms with Crippen molar-refractivity contribution >= 4 is 17.4 Å². The van der Waals surface area contributed by atoms with Crippen molar-refractivity contribution in [3.63, 3.8) is 0 Å². The van der Waals surface area contributed by atoms with Crippen molar-refractivity contribution < 1.29 is 14.3 Å². The minimum atomic E-state index is -0.174. The Morgan fingerprint density at radius 3 is 2.32 bits per heavy atom. The first-order valence-electron chi connectivity index (χ1n) is 8.77. The van der Waals surface area contributed by atoms with E-state index < -0.39 is 0 Å². The number of aromatic nitrogens is 2. The van der Waals surface area contributed by atoms with Crippen LogP contribution in [0.25, 0.3) is 5.69 Å². The first-order chi connectivity index (χ1) is 13.5. The Labute approximate surface area is 163 Å². The van der Waals surface area contributed by atoms with E-state index in [1.807, 2.05) is 42.5 Å². The summed E-state index contributed by atoms with van der Waals surface area (Å²) in [4.78, 5) is 29.0. The smallest absolute Gasteiger partial charge is 0.213 e. The van der Waals surface area contributed by atoms with Gasteiger partial charge in [0.2, 0.25) is 5.78 Å². The molecule has 0 saturated heterocycles. The van der Waals surface area contributed by atoms with Crippen LogP contribution in [0.2, 0.25) is 0 Å². The number of nitrogens with zero attached hydrogens (tertiary/aromatic N) is 2. The van der Waals surface area contributed by atoms with E-state index in [0.29, 0.717) is 22.8 Å². The van der Waals surface area contributed by atoms with Crippen molar-refractivity contribution in [2.24, 2.45) is 0 Å². The van der Waals surface area contributed by atoms with E-state index in [0.717, 1.165) is 11.4 Å². The van der Waals surface area contributed by atoms with Crippen LogP contribution in [0.3, 0.4) is 0 Å². The molecule has 6 heteroatoms. The Kier molecular flexibility index (Phi) is 5.69. The first kappa shape index (κ1) is 19.1. The molecule has 3 aromatic rings. The van der Waals surface area contributed by atoms with Gasteiger partial charge in [0.05, 0.1) is 7.11 Å². The molecule has 6 nitrogen and oxygen atoms in total. The summed E-state index contributed by atoms with van der Waals surface area (Å²) in [5, 5.41) is 3.07. The van der Waals surface area contributed by atoms with Gasteiger partial charge in [0.15, 0.2) is 11.6 Å². The number of ketones is 2. The summed E-state index contributed by atoms with van der Waals surface area (Å²) in [6.45, 7) is 3.22. The second kappa shape index (κ2) is 8.35. The van der Waals surface area contributed by atoms with Crippen molar-refractivity contribution in [1.29, 1.82) is 0 Å². The highest BCUT2D eigenvalue weighted by Gasteiger charge is 2.21. The molecule has 142 valence electrons. The van der Waals surface area contributed by atoms with E-state index in [2.05, 4.69) is 10.3 Å². The van der Waals surface area contributed by atoms with Gasteiger partial charge in [-0.05, 0) is 44.2 Å². The normalized spacial score (nSPS) is 11.2. The highest BCUT2D eigenvalue weighted by Crippen LogP contribution is 2.24. The highest BCUT2D eigenvalue weighted by atomic mass is 16.5. The van der Waals surface area contributed by atoms with Gasteiger partial charge in [0, 0.05) is 16.9 Å². The summed E-state index contributed by atoms with van der Waals surface area (Å²) in [6, 6.07) is 16.3. The summed E-state index contributed by atoms with van der Waals surface area (Å²) in [5.74, 6) is 0.848. The summed E-state index contributed by atoms with van der Waals surface area (Å²) < 4.78 is 6.92. The van der Waals surface area contributed by atoms with Crippen molar-refractivity contribution in [2.75, 3.05) is 12.4 Å². The largest absolute Gasteiger partial charge is 0.497 e. The zero-order valence-corrected chi connectivity index (χ0v) is 16.0. The van der Waals surface area contributed by atoms with Gasteiger partial charge < -0.3 is 10.1 Å². The van der Waals surface area contributed by atoms with E-state index >= 15 is 0 Å². The first-order valence-corrected chi connectivity index (χ1v) is 8.77. The summed E-state index contributed by atoms with van der Waals surface area (Å²) >= 11 is 0. The molecule has 2 aromatic carbocycles. The number of ether oxygens (including phenoxy) is 1. The number of nitrogens with one attached hydrogen (secondary N) is 1. The van der Waals surface area contributed by atoms with E-state index in [1.54, 1.807) is 37.1 Å². The zero-order chi connectivity index (χ0) is 20.1. The molecule has 1 N–H and O–H groups in total. The molecule has 3 rings (SSSR count). The SMILES string of the molecule is COc1ccc(-n2cnc(N/C(C)=C\C(C)=O)c2C(=O)c2ccccc2)cc1. The molecule has 1 heterocycles. The molecule has 0 bridgehead atoms. The van der Waals surface area contributed by atoms with Gasteiger partial charge in [-0.15, -0.1) is 0 Å². The Bertz CT molecular complexity index is 1020. The van der Waals surface area contributed by atoms with E-state index in [1.165, 1.54) is 13.0 Å². The monoisotopic (exact) mass is 375 g/mol. The molecule has 0 aliphatic rings. The van der Waals surface area contributed by atoms with Gasteiger partial charge in [-0.3, -0.25) is 14.2 Å². The quantitative estimate of drug-likeness (QED) is 0.499. The molecule has 0 saturated carbocycles. The molecule has 0 fully saturated rings. The van der Waals surface area contributed by atoms with Gasteiger partial charge in [0.1, 0.15) is 17.8 Å². The van der Waals surface area contributed by atoms with Crippen LogP contribution in [0.1, 0.15) is 29.9 Å². The fourth-order valence-corrected chi connectivity index (χ4v) is 2.85. The molecule has 0 aliphatic carbocycles. The maximum absolute atomic E-state index is 13.2. The summed E-state index contributed by atoms with van der Waals surface area (Å²) in [6.07, 6.45) is 3.05. The maximum Gasteiger partial charge on any atom is 0.213 e. The number of methoxy groups -OCH3 is 1. The summed E-state index contributed by atoms with van der Waals surface area (Å²) in [7, 11) is 1.60. The highest BCUT2D eigenvalue weighted by molar-refractivity contribution is 6.11. The molecule has 0 radical (unpaired) electrons. The third kappa shape index (κ3) is 4.17. The fourth-order valence-electron chi connectivity index (χ4n) is 2.85. The Balaban J connectivity index is 2.09. The predicted molar refractivity (Wildman–Crippen MR) is 108 cm³/mol. The third-order valence-corrected chi connectivity index (χ3v) is 4.10. The Morgan fingerprint density at radius 1 is 1.04 bits per heavy atom. The number of hydrogen-bond acceptors (Lipinski definition) is 5. The molecule has 0 amide bonds. The lowest BCUT2D eigenvalue weighted by Crippen LogP contribution is -2.12. The molecule has 0 atom stereocenters. The predicted octanol–water partition coefficient (Wildman–Crippen LogP) is 4.02. The van der Waals surface area contributed by atoms with Crippen LogP contribution in [0, 0.1) is 0 Å². The van der Waals surface area contributed by atoms with Gasteiger partial charge >= 0.3 is 0 Å². The van der Waals surface area contributed by atoms with Crippen LogP contribution in [0.15, 0.2) is 72.7 Å². The Hall–Kier alpha value is -3.67. The van der Waals surface area contributed by atoms with Crippen molar-refractivity contribution in [3.8, 4) is 11.4 Å². The standard InChI is InChI=1S/C22H21N3O3/c1-15(13-16(2)26)24-22-20(21(27)17-7-5-4-6-8-17)25(14-23-22)18-9-11-19(28-3)12-10-18/h4-14,24H,1-3H3/b15-13-. The topological polar surface area (TPSA) is 73.2 Å². The number of carbonyl (C=O) groups excluding carboxylic acids is 2. The Morgan fingerprint density at radius 2 is 1.71 bits per heavy atom. The molecule has 1 aromatic heterocycles. The molecule has 0 spiro atoms. The van der Waals surface area contributed by atoms with Crippen LogP contribution < -0.4 is 10.1 Å². The minimum Gasteiger partial charge on any atom is -0.497 e. The van der Waals surface area contributed by atoms with Crippen LogP contribution in [-0.4, -0.2) is 28.2 Å². The van der Waals surface area contributed by atoms with Crippen LogP contribution >= 0.6 is 0 Å². The van der Waals surface area contributed by atoms with Gasteiger partial charge in [-0.25, -0.2) is 4.98 Å². The molecule has 0 unspecified atom stereocenters. The molecule has 0 aliphatic heterocycles. The number of rotatable bonds is 7. The van der Waals surface area contributed by atoms with Crippen LogP contribution in [0.4, 0.5) is 5.82 Å². The van der Waals surface area contributed by atoms with Crippen molar-refractivity contribution in [1.82, 2.24) is 9.55 Å². The van der Waals surface area contributed by atoms with Crippen LogP contribution in [-0.2, 0) is 4.79 Å². The minimum absolute atomic E-state index is 0.0875. The maximum atomic E-state index is 13.2. The second-order valence-electron chi connectivity index (χ2n) is 6.27. The lowest BCUT2D eigenvalue weighted by atomic mass is 10.1. The number of anilines is 1. The average molecular weight is 375 g/mol. The molecule has 28 heavy (non-hydrogen) atoms. The van der Waals surface area contributed by atoms with E-state index in [-0.39, 0.29) is 11.6 Å². The third-order valence-electron chi connectivity index (χ3n) is 4.10. The number of hydrogen-bond donors (Lipinski definition) is 1.